The molecule has 5 aliphatic rings. The van der Waals surface area contributed by atoms with Crippen LogP contribution in [0.25, 0.3) is 11.1 Å². The molecule has 1 aliphatic heterocycles. The van der Waals surface area contributed by atoms with Crippen molar-refractivity contribution in [2.45, 2.75) is 69.2 Å². The summed E-state index contributed by atoms with van der Waals surface area (Å²) >= 11 is 0. The Morgan fingerprint density at radius 2 is 1.77 bits per heavy atom. The number of benzene rings is 1. The molecule has 5 fully saturated rings. The van der Waals surface area contributed by atoms with E-state index in [0.717, 1.165) is 68.4 Å². The third kappa shape index (κ3) is 2.77. The van der Waals surface area contributed by atoms with Gasteiger partial charge in [0.25, 0.3) is 0 Å². The molecule has 0 unspecified atom stereocenters. The lowest BCUT2D eigenvalue weighted by atomic mass is 9.56. The zero-order valence-corrected chi connectivity index (χ0v) is 18.2. The van der Waals surface area contributed by atoms with E-state index in [1.54, 1.807) is 0 Å². The first-order valence-corrected chi connectivity index (χ1v) is 12.9. The van der Waals surface area contributed by atoms with E-state index >= 15 is 0 Å². The number of oxazole rings is 1. The predicted molar refractivity (Wildman–Crippen MR) is 113 cm³/mol. The van der Waals surface area contributed by atoms with Crippen molar-refractivity contribution < 1.29 is 17.6 Å². The fourth-order valence-corrected chi connectivity index (χ4v) is 8.87. The van der Waals surface area contributed by atoms with Crippen molar-refractivity contribution in [3.8, 4) is 0 Å². The van der Waals surface area contributed by atoms with Crippen LogP contribution in [0.3, 0.4) is 0 Å². The van der Waals surface area contributed by atoms with Crippen molar-refractivity contribution in [3.63, 3.8) is 0 Å². The van der Waals surface area contributed by atoms with Crippen LogP contribution in [0, 0.1) is 18.3 Å². The SMILES string of the molecule is Cc1ccc2oc(C34CCC(NC(=O)C5CC6(C5)CS(=O)(=O)C6)(CC3)CC4)nc2c1. The van der Waals surface area contributed by atoms with Crippen LogP contribution >= 0.6 is 0 Å². The van der Waals surface area contributed by atoms with Crippen molar-refractivity contribution >= 4 is 26.8 Å². The molecule has 2 bridgehead atoms. The first-order chi connectivity index (χ1) is 14.2. The average molecular weight is 429 g/mol. The first kappa shape index (κ1) is 18.8. The molecule has 1 saturated heterocycles. The number of amides is 1. The number of hydrogen-bond acceptors (Lipinski definition) is 5. The molecule has 7 rings (SSSR count). The molecule has 160 valence electrons. The molecule has 4 saturated carbocycles. The number of fused-ring (bicyclic) bond motifs is 4. The van der Waals surface area contributed by atoms with Gasteiger partial charge in [-0.1, -0.05) is 6.07 Å². The normalized spacial score (nSPS) is 33.9. The minimum atomic E-state index is -2.83. The summed E-state index contributed by atoms with van der Waals surface area (Å²) < 4.78 is 29.2. The van der Waals surface area contributed by atoms with Gasteiger partial charge in [0.1, 0.15) is 5.52 Å². The summed E-state index contributed by atoms with van der Waals surface area (Å²) in [5.41, 5.74) is 2.80. The second-order valence-corrected chi connectivity index (χ2v) is 12.7. The molecule has 6 nitrogen and oxygen atoms in total. The molecule has 30 heavy (non-hydrogen) atoms. The van der Waals surface area contributed by atoms with E-state index in [2.05, 4.69) is 24.4 Å². The zero-order valence-electron chi connectivity index (χ0n) is 17.4. The van der Waals surface area contributed by atoms with Crippen molar-refractivity contribution in [3.05, 3.63) is 29.7 Å². The van der Waals surface area contributed by atoms with Gasteiger partial charge >= 0.3 is 0 Å². The molecule has 0 atom stereocenters. The highest BCUT2D eigenvalue weighted by Crippen LogP contribution is 2.56. The Kier molecular flexibility index (Phi) is 3.69. The summed E-state index contributed by atoms with van der Waals surface area (Å²) in [6, 6.07) is 6.14. The maximum Gasteiger partial charge on any atom is 0.223 e. The summed E-state index contributed by atoms with van der Waals surface area (Å²) in [6.07, 6.45) is 7.33. The molecule has 7 heteroatoms. The average Bonchev–Trinajstić information content (AvgIpc) is 3.09. The van der Waals surface area contributed by atoms with Gasteiger partial charge in [0.15, 0.2) is 15.4 Å². The Balaban J connectivity index is 1.12. The largest absolute Gasteiger partial charge is 0.440 e. The molecule has 1 aromatic heterocycles. The van der Waals surface area contributed by atoms with Gasteiger partial charge in [-0.25, -0.2) is 13.4 Å². The van der Waals surface area contributed by atoms with Crippen LogP contribution in [0.4, 0.5) is 0 Å². The summed E-state index contributed by atoms with van der Waals surface area (Å²) in [4.78, 5) is 17.7. The van der Waals surface area contributed by atoms with Gasteiger partial charge in [-0.3, -0.25) is 4.79 Å². The smallest absolute Gasteiger partial charge is 0.223 e. The lowest BCUT2D eigenvalue weighted by Gasteiger charge is -2.55. The zero-order chi connectivity index (χ0) is 20.8. The van der Waals surface area contributed by atoms with Crippen LogP contribution in [0.1, 0.15) is 62.8 Å². The second-order valence-electron chi connectivity index (χ2n) is 10.7. The van der Waals surface area contributed by atoms with Crippen molar-refractivity contribution in [1.29, 1.82) is 0 Å². The number of nitrogens with zero attached hydrogens (tertiary/aromatic N) is 1. The molecule has 0 radical (unpaired) electrons. The molecular weight excluding hydrogens is 400 g/mol. The number of carbonyl (C=O) groups is 1. The fraction of sp³-hybridized carbons (Fsp3) is 0.652. The third-order valence-electron chi connectivity index (χ3n) is 8.41. The number of aromatic nitrogens is 1. The standard InChI is InChI=1S/C23H28N2O4S/c1-15-2-3-18-17(10-15)24-20(29-18)22-4-7-23(8-5-22,9-6-22)25-19(26)16-11-21(12-16)13-30(27,28)14-21/h2-3,10,16H,4-9,11-14H2,1H3,(H,25,26). The minimum Gasteiger partial charge on any atom is -0.440 e. The molecule has 1 amide bonds. The Hall–Kier alpha value is -1.89. The van der Waals surface area contributed by atoms with Gasteiger partial charge in [0.05, 0.1) is 11.5 Å². The topological polar surface area (TPSA) is 89.3 Å². The summed E-state index contributed by atoms with van der Waals surface area (Å²) in [5.74, 6) is 1.55. The molecule has 2 aromatic rings. The van der Waals surface area contributed by atoms with E-state index in [0.29, 0.717) is 0 Å². The Morgan fingerprint density at radius 1 is 1.10 bits per heavy atom. The van der Waals surface area contributed by atoms with Gasteiger partial charge in [-0.15, -0.1) is 0 Å². The van der Waals surface area contributed by atoms with E-state index < -0.39 is 9.84 Å². The highest BCUT2D eigenvalue weighted by molar-refractivity contribution is 7.92. The number of nitrogens with one attached hydrogen (secondary N) is 1. The Bertz CT molecular complexity index is 1120. The lowest BCUT2D eigenvalue weighted by molar-refractivity contribution is -0.135. The van der Waals surface area contributed by atoms with Crippen molar-refractivity contribution in [1.82, 2.24) is 10.3 Å². The number of aryl methyl sites for hydroxylation is 1. The second kappa shape index (κ2) is 5.87. The Labute approximate surface area is 176 Å². The minimum absolute atomic E-state index is 0.000218. The Morgan fingerprint density at radius 3 is 2.40 bits per heavy atom. The van der Waals surface area contributed by atoms with Crippen LogP contribution in [0.15, 0.2) is 22.6 Å². The number of sulfone groups is 1. The maximum absolute atomic E-state index is 12.9. The van der Waals surface area contributed by atoms with Crippen LogP contribution < -0.4 is 5.32 Å². The van der Waals surface area contributed by atoms with Gasteiger partial charge in [-0.05, 0) is 81.4 Å². The van der Waals surface area contributed by atoms with Crippen LogP contribution in [0.5, 0.6) is 0 Å². The van der Waals surface area contributed by atoms with Crippen LogP contribution in [-0.2, 0) is 20.0 Å². The lowest BCUT2D eigenvalue weighted by Crippen LogP contribution is -2.63. The molecule has 4 aliphatic carbocycles. The number of rotatable bonds is 3. The highest BCUT2D eigenvalue weighted by atomic mass is 32.2. The quantitative estimate of drug-likeness (QED) is 0.809. The van der Waals surface area contributed by atoms with Gasteiger partial charge in [0, 0.05) is 16.9 Å². The van der Waals surface area contributed by atoms with E-state index in [9.17, 15) is 13.2 Å². The summed E-state index contributed by atoms with van der Waals surface area (Å²) in [5, 5.41) is 3.39. The third-order valence-corrected chi connectivity index (χ3v) is 10.5. The van der Waals surface area contributed by atoms with Crippen molar-refractivity contribution in [2.75, 3.05) is 11.5 Å². The number of hydrogen-bond donors (Lipinski definition) is 1. The molecule has 2 heterocycles. The molecule has 1 spiro atoms. The van der Waals surface area contributed by atoms with Crippen LogP contribution in [0.2, 0.25) is 0 Å². The predicted octanol–water partition coefficient (Wildman–Crippen LogP) is 3.42. The molecular formula is C23H28N2O4S. The summed E-state index contributed by atoms with van der Waals surface area (Å²) in [6.45, 7) is 2.07. The van der Waals surface area contributed by atoms with E-state index in [1.807, 2.05) is 6.07 Å². The van der Waals surface area contributed by atoms with E-state index in [4.69, 9.17) is 9.40 Å². The van der Waals surface area contributed by atoms with Crippen molar-refractivity contribution in [2.24, 2.45) is 11.3 Å². The summed E-state index contributed by atoms with van der Waals surface area (Å²) in [7, 11) is -2.83. The van der Waals surface area contributed by atoms with E-state index in [1.165, 1.54) is 5.56 Å². The van der Waals surface area contributed by atoms with Gasteiger partial charge in [0.2, 0.25) is 11.8 Å². The van der Waals surface area contributed by atoms with Gasteiger partial charge < -0.3 is 9.73 Å². The fourth-order valence-electron chi connectivity index (χ4n) is 6.62. The van der Waals surface area contributed by atoms with Crippen LogP contribution in [-0.4, -0.2) is 36.4 Å². The molecule has 1 aromatic carbocycles. The van der Waals surface area contributed by atoms with Gasteiger partial charge in [-0.2, -0.15) is 0 Å². The highest BCUT2D eigenvalue weighted by Gasteiger charge is 2.59. The first-order valence-electron chi connectivity index (χ1n) is 11.1. The molecule has 1 N–H and O–H groups in total. The monoisotopic (exact) mass is 428 g/mol. The number of carbonyl (C=O) groups excluding carboxylic acids is 1. The maximum atomic E-state index is 12.9. The van der Waals surface area contributed by atoms with E-state index in [-0.39, 0.29) is 39.7 Å².